The maximum absolute atomic E-state index is 9.55. The average Bonchev–Trinajstić information content (AvgIpc) is 3.19. The molecule has 4 heteroatoms. The number of rotatable bonds is 7. The van der Waals surface area contributed by atoms with Crippen LogP contribution < -0.4 is 5.73 Å². The van der Waals surface area contributed by atoms with E-state index in [1.54, 1.807) is 0 Å². The van der Waals surface area contributed by atoms with Gasteiger partial charge in [-0.15, -0.1) is 0 Å². The molecule has 0 saturated heterocycles. The Balaban J connectivity index is 1.32. The first-order chi connectivity index (χ1) is 14.6. The Morgan fingerprint density at radius 3 is 2.77 bits per heavy atom. The van der Waals surface area contributed by atoms with Crippen LogP contribution in [-0.2, 0) is 24.1 Å². The molecular weight excluding hydrogens is 372 g/mol. The number of aryl methyl sites for hydroxylation is 1. The molecule has 0 radical (unpaired) electrons. The minimum atomic E-state index is -0.389. The molecule has 30 heavy (non-hydrogen) atoms. The normalized spacial score (nSPS) is 26.4. The van der Waals surface area contributed by atoms with Gasteiger partial charge >= 0.3 is 0 Å². The summed E-state index contributed by atoms with van der Waals surface area (Å²) in [5, 5.41) is 14.0. The van der Waals surface area contributed by atoms with Gasteiger partial charge in [0.1, 0.15) is 6.61 Å². The van der Waals surface area contributed by atoms with Gasteiger partial charge in [-0.25, -0.2) is 0 Å². The quantitative estimate of drug-likeness (QED) is 0.407. The van der Waals surface area contributed by atoms with Crippen molar-refractivity contribution in [3.05, 3.63) is 70.8 Å². The van der Waals surface area contributed by atoms with Crippen molar-refractivity contribution in [3.63, 3.8) is 0 Å². The standard InChI is InChI=1S/C26H34N2O2/c1-19(28-30-14-12-20-5-3-2-4-6-20)21-7-8-23-16-24(10-9-22(23)15-21)25-11-13-26(27,17-25)18-29/h2-6,9-10,16,21,25,29H,7-8,11-15,17-18,27H2,1H3/b28-19+/t21?,25-,26+/m0/s1. The fourth-order valence-electron chi connectivity index (χ4n) is 5.00. The Morgan fingerprint density at radius 1 is 1.17 bits per heavy atom. The van der Waals surface area contributed by atoms with Crippen molar-refractivity contribution in [1.29, 1.82) is 0 Å². The minimum absolute atomic E-state index is 0.0855. The molecule has 2 aromatic rings. The second-order valence-corrected chi connectivity index (χ2v) is 9.23. The van der Waals surface area contributed by atoms with Crippen LogP contribution in [0.5, 0.6) is 0 Å². The zero-order valence-electron chi connectivity index (χ0n) is 18.0. The van der Waals surface area contributed by atoms with Gasteiger partial charge in [0.15, 0.2) is 0 Å². The highest BCUT2D eigenvalue weighted by atomic mass is 16.6. The molecule has 1 unspecified atom stereocenters. The average molecular weight is 407 g/mol. The lowest BCUT2D eigenvalue weighted by molar-refractivity contribution is 0.145. The zero-order valence-corrected chi connectivity index (χ0v) is 18.0. The summed E-state index contributed by atoms with van der Waals surface area (Å²) in [6.07, 6.45) is 7.00. The summed E-state index contributed by atoms with van der Waals surface area (Å²) in [6.45, 7) is 2.80. The van der Waals surface area contributed by atoms with Crippen molar-refractivity contribution in [1.82, 2.24) is 0 Å². The highest BCUT2D eigenvalue weighted by Crippen LogP contribution is 2.40. The Hall–Kier alpha value is -2.17. The lowest BCUT2D eigenvalue weighted by atomic mass is 9.80. The number of aliphatic hydroxyl groups excluding tert-OH is 1. The van der Waals surface area contributed by atoms with Crippen molar-refractivity contribution in [3.8, 4) is 0 Å². The molecule has 0 spiro atoms. The van der Waals surface area contributed by atoms with Gasteiger partial charge in [-0.05, 0) is 73.6 Å². The van der Waals surface area contributed by atoms with E-state index in [1.807, 2.05) is 6.07 Å². The largest absolute Gasteiger partial charge is 0.396 e. The first-order valence-electron chi connectivity index (χ1n) is 11.3. The predicted octanol–water partition coefficient (Wildman–Crippen LogP) is 4.38. The summed E-state index contributed by atoms with van der Waals surface area (Å²) in [7, 11) is 0. The summed E-state index contributed by atoms with van der Waals surface area (Å²) >= 11 is 0. The Kier molecular flexibility index (Phi) is 6.55. The molecule has 1 fully saturated rings. The maximum Gasteiger partial charge on any atom is 0.121 e. The van der Waals surface area contributed by atoms with Crippen molar-refractivity contribution in [2.75, 3.05) is 13.2 Å². The number of nitrogens with two attached hydrogens (primary N) is 1. The molecule has 0 heterocycles. The summed E-state index contributed by atoms with van der Waals surface area (Å²) in [4.78, 5) is 5.61. The van der Waals surface area contributed by atoms with Crippen LogP contribution in [0.2, 0.25) is 0 Å². The molecule has 160 valence electrons. The predicted molar refractivity (Wildman–Crippen MR) is 122 cm³/mol. The van der Waals surface area contributed by atoms with Crippen LogP contribution in [0.4, 0.5) is 0 Å². The Bertz CT molecular complexity index is 880. The Morgan fingerprint density at radius 2 is 2.00 bits per heavy atom. The number of benzene rings is 2. The summed E-state index contributed by atoms with van der Waals surface area (Å²) in [5.74, 6) is 0.934. The van der Waals surface area contributed by atoms with Crippen LogP contribution in [0.3, 0.4) is 0 Å². The molecule has 2 aliphatic rings. The van der Waals surface area contributed by atoms with E-state index in [9.17, 15) is 5.11 Å². The molecule has 2 aliphatic carbocycles. The third-order valence-corrected chi connectivity index (χ3v) is 7.01. The molecule has 0 aromatic heterocycles. The molecule has 0 amide bonds. The summed E-state index contributed by atoms with van der Waals surface area (Å²) in [5.41, 5.74) is 12.6. The van der Waals surface area contributed by atoms with Crippen LogP contribution in [0, 0.1) is 5.92 Å². The van der Waals surface area contributed by atoms with Gasteiger partial charge in [0.2, 0.25) is 0 Å². The van der Waals surface area contributed by atoms with E-state index >= 15 is 0 Å². The first kappa shape index (κ1) is 21.1. The van der Waals surface area contributed by atoms with Gasteiger partial charge in [-0.2, -0.15) is 0 Å². The molecule has 0 bridgehead atoms. The smallest absolute Gasteiger partial charge is 0.121 e. The first-order valence-corrected chi connectivity index (χ1v) is 11.3. The second kappa shape index (κ2) is 9.32. The zero-order chi connectivity index (χ0) is 21.0. The van der Waals surface area contributed by atoms with Crippen molar-refractivity contribution < 1.29 is 9.94 Å². The van der Waals surface area contributed by atoms with Gasteiger partial charge < -0.3 is 15.7 Å². The second-order valence-electron chi connectivity index (χ2n) is 9.23. The third kappa shape index (κ3) is 4.93. The highest BCUT2D eigenvalue weighted by molar-refractivity contribution is 5.84. The van der Waals surface area contributed by atoms with E-state index in [1.165, 1.54) is 22.3 Å². The van der Waals surface area contributed by atoms with Crippen LogP contribution in [0.15, 0.2) is 53.7 Å². The van der Waals surface area contributed by atoms with Gasteiger partial charge in [-0.3, -0.25) is 0 Å². The molecular formula is C26H34N2O2. The number of aliphatic hydroxyl groups is 1. The van der Waals surface area contributed by atoms with Gasteiger partial charge in [0.05, 0.1) is 12.3 Å². The van der Waals surface area contributed by atoms with Gasteiger partial charge in [0, 0.05) is 17.9 Å². The van der Waals surface area contributed by atoms with E-state index in [0.717, 1.165) is 50.7 Å². The molecule has 4 nitrogen and oxygen atoms in total. The lowest BCUT2D eigenvalue weighted by Crippen LogP contribution is -2.40. The number of hydrogen-bond acceptors (Lipinski definition) is 4. The fraction of sp³-hybridized carbons (Fsp3) is 0.500. The highest BCUT2D eigenvalue weighted by Gasteiger charge is 2.36. The Labute approximate surface area is 180 Å². The third-order valence-electron chi connectivity index (χ3n) is 7.01. The SMILES string of the molecule is C/C(=N\OCCc1ccccc1)C1CCc2cc([C@H]3CC[C@](N)(CO)C3)ccc2C1. The minimum Gasteiger partial charge on any atom is -0.396 e. The van der Waals surface area contributed by atoms with E-state index in [-0.39, 0.29) is 12.1 Å². The van der Waals surface area contributed by atoms with Crippen LogP contribution in [0.1, 0.15) is 60.8 Å². The number of hydrogen-bond donors (Lipinski definition) is 2. The summed E-state index contributed by atoms with van der Waals surface area (Å²) in [6, 6.07) is 17.4. The number of oxime groups is 1. The van der Waals surface area contributed by atoms with Crippen LogP contribution in [0.25, 0.3) is 0 Å². The monoisotopic (exact) mass is 406 g/mol. The number of nitrogens with zero attached hydrogens (tertiary/aromatic N) is 1. The molecule has 4 rings (SSSR count). The molecule has 1 saturated carbocycles. The molecule has 2 aromatic carbocycles. The van der Waals surface area contributed by atoms with Crippen molar-refractivity contribution >= 4 is 5.71 Å². The van der Waals surface area contributed by atoms with E-state index in [2.05, 4.69) is 54.5 Å². The number of fused-ring (bicyclic) bond motifs is 1. The maximum atomic E-state index is 9.55. The van der Waals surface area contributed by atoms with Gasteiger partial charge in [-0.1, -0.05) is 53.7 Å². The molecule has 3 N–H and O–H groups in total. The van der Waals surface area contributed by atoms with Gasteiger partial charge in [0.25, 0.3) is 0 Å². The summed E-state index contributed by atoms with van der Waals surface area (Å²) < 4.78 is 0. The molecule has 3 atom stereocenters. The fourth-order valence-corrected chi connectivity index (χ4v) is 5.00. The van der Waals surface area contributed by atoms with Crippen LogP contribution in [-0.4, -0.2) is 29.6 Å². The van der Waals surface area contributed by atoms with Crippen molar-refractivity contribution in [2.24, 2.45) is 16.8 Å². The topological polar surface area (TPSA) is 67.8 Å². The van der Waals surface area contributed by atoms with E-state index in [0.29, 0.717) is 18.4 Å². The molecule has 0 aliphatic heterocycles. The lowest BCUT2D eigenvalue weighted by Gasteiger charge is -2.26. The van der Waals surface area contributed by atoms with Crippen molar-refractivity contribution in [2.45, 2.75) is 63.3 Å². The van der Waals surface area contributed by atoms with Crippen LogP contribution >= 0.6 is 0 Å². The van der Waals surface area contributed by atoms with E-state index in [4.69, 9.17) is 10.6 Å². The van der Waals surface area contributed by atoms with E-state index < -0.39 is 0 Å².